The van der Waals surface area contributed by atoms with Gasteiger partial charge in [-0.05, 0) is 30.4 Å². The van der Waals surface area contributed by atoms with E-state index in [0.29, 0.717) is 35.3 Å². The molecule has 4 heterocycles. The normalized spacial score (nSPS) is 20.2. The Morgan fingerprint density at radius 3 is 2.73 bits per heavy atom. The molecule has 0 radical (unpaired) electrons. The molecule has 0 aromatic carbocycles. The smallest absolute Gasteiger partial charge is 0.282 e. The molecule has 4 rings (SSSR count). The highest BCUT2D eigenvalue weighted by Crippen LogP contribution is 2.28. The molecule has 0 saturated carbocycles. The van der Waals surface area contributed by atoms with Crippen LogP contribution in [0.1, 0.15) is 25.5 Å². The molecule has 0 amide bonds. The van der Waals surface area contributed by atoms with E-state index in [-0.39, 0.29) is 17.4 Å². The summed E-state index contributed by atoms with van der Waals surface area (Å²) in [5.74, 6) is 1.13. The lowest BCUT2D eigenvalue weighted by atomic mass is 9.92. The van der Waals surface area contributed by atoms with Crippen molar-refractivity contribution in [2.45, 2.75) is 19.8 Å². The van der Waals surface area contributed by atoms with Gasteiger partial charge in [0.2, 0.25) is 0 Å². The van der Waals surface area contributed by atoms with Crippen molar-refractivity contribution in [2.24, 2.45) is 11.8 Å². The van der Waals surface area contributed by atoms with Crippen LogP contribution in [0.25, 0.3) is 17.0 Å². The Bertz CT molecular complexity index is 1170. The van der Waals surface area contributed by atoms with Gasteiger partial charge in [-0.2, -0.15) is 5.10 Å². The molecule has 11 heteroatoms. The minimum Gasteiger partial charge on any atom is -0.356 e. The van der Waals surface area contributed by atoms with Gasteiger partial charge in [0, 0.05) is 25.4 Å². The molecule has 0 bridgehead atoms. The number of rotatable bonds is 5. The Labute approximate surface area is 172 Å². The van der Waals surface area contributed by atoms with Gasteiger partial charge >= 0.3 is 0 Å². The van der Waals surface area contributed by atoms with Gasteiger partial charge in [0.1, 0.15) is 33.4 Å². The van der Waals surface area contributed by atoms with E-state index in [1.165, 1.54) is 35.4 Å². The minimum atomic E-state index is -3.07. The third-order valence-corrected chi connectivity index (χ3v) is 6.21. The van der Waals surface area contributed by atoms with E-state index >= 15 is 0 Å². The molecule has 30 heavy (non-hydrogen) atoms. The average Bonchev–Trinajstić information content (AvgIpc) is 3.09. The van der Waals surface area contributed by atoms with Crippen molar-refractivity contribution in [1.82, 2.24) is 24.6 Å². The lowest BCUT2D eigenvalue weighted by molar-refractivity contribution is 0.144. The van der Waals surface area contributed by atoms with Crippen LogP contribution in [0.3, 0.4) is 0 Å². The molecule has 1 aliphatic heterocycles. The molecule has 0 N–H and O–H groups in total. The van der Waals surface area contributed by atoms with Crippen LogP contribution in [0.2, 0.25) is 0 Å². The second kappa shape index (κ2) is 7.86. The summed E-state index contributed by atoms with van der Waals surface area (Å²) in [7, 11) is -3.07. The van der Waals surface area contributed by atoms with Crippen molar-refractivity contribution in [3.05, 3.63) is 36.4 Å². The molecule has 0 unspecified atom stereocenters. The van der Waals surface area contributed by atoms with Crippen molar-refractivity contribution in [3.8, 4) is 11.4 Å². The molecule has 0 aliphatic carbocycles. The summed E-state index contributed by atoms with van der Waals surface area (Å²) in [5.41, 5.74) is 1.08. The van der Waals surface area contributed by atoms with Crippen molar-refractivity contribution in [1.29, 1.82) is 0 Å². The van der Waals surface area contributed by atoms with Gasteiger partial charge in [0.25, 0.3) is 6.43 Å². The second-order valence-corrected chi connectivity index (χ2v) is 10.1. The molecule has 3 aromatic heterocycles. The zero-order valence-corrected chi connectivity index (χ0v) is 17.4. The van der Waals surface area contributed by atoms with Crippen LogP contribution < -0.4 is 4.90 Å². The Kier molecular flexibility index (Phi) is 5.39. The number of sulfone groups is 1. The van der Waals surface area contributed by atoms with Gasteiger partial charge < -0.3 is 4.90 Å². The first kappa shape index (κ1) is 20.6. The Hall–Kier alpha value is -2.69. The monoisotopic (exact) mass is 436 g/mol. The van der Waals surface area contributed by atoms with Crippen molar-refractivity contribution >= 4 is 21.3 Å². The number of imidazole rings is 1. The topological polar surface area (TPSA) is 93.4 Å². The van der Waals surface area contributed by atoms with Gasteiger partial charge in [-0.1, -0.05) is 6.92 Å². The summed E-state index contributed by atoms with van der Waals surface area (Å²) in [6.45, 7) is 3.41. The average molecular weight is 436 g/mol. The van der Waals surface area contributed by atoms with Crippen LogP contribution in [-0.4, -0.2) is 58.1 Å². The summed E-state index contributed by atoms with van der Waals surface area (Å²) in [6.07, 6.45) is 2.35. The zero-order valence-electron chi connectivity index (χ0n) is 16.6. The first-order valence-corrected chi connectivity index (χ1v) is 11.6. The molecule has 8 nitrogen and oxygen atoms in total. The van der Waals surface area contributed by atoms with E-state index in [4.69, 9.17) is 0 Å². The van der Waals surface area contributed by atoms with Crippen LogP contribution in [0.5, 0.6) is 0 Å². The first-order valence-electron chi connectivity index (χ1n) is 9.57. The van der Waals surface area contributed by atoms with Crippen LogP contribution in [0, 0.1) is 11.8 Å². The number of hydrogen-bond donors (Lipinski definition) is 0. The largest absolute Gasteiger partial charge is 0.356 e. The van der Waals surface area contributed by atoms with Gasteiger partial charge in [0.15, 0.2) is 5.65 Å². The minimum absolute atomic E-state index is 0.0215. The number of halogens is 2. The number of hydrogen-bond acceptors (Lipinski definition) is 7. The Balaban J connectivity index is 1.66. The molecular formula is C19H22F2N6O2S. The van der Waals surface area contributed by atoms with Crippen molar-refractivity contribution in [2.75, 3.05) is 30.0 Å². The molecule has 1 aliphatic rings. The van der Waals surface area contributed by atoms with E-state index < -0.39 is 16.3 Å². The van der Waals surface area contributed by atoms with Gasteiger partial charge in [-0.15, -0.1) is 0 Å². The second-order valence-electron chi connectivity index (χ2n) is 7.94. The highest BCUT2D eigenvalue weighted by atomic mass is 32.2. The van der Waals surface area contributed by atoms with E-state index in [0.717, 1.165) is 13.0 Å². The van der Waals surface area contributed by atoms with Crippen molar-refractivity contribution < 1.29 is 17.2 Å². The van der Waals surface area contributed by atoms with Crippen LogP contribution in [0.15, 0.2) is 30.7 Å². The molecule has 2 atom stereocenters. The van der Waals surface area contributed by atoms with Crippen LogP contribution >= 0.6 is 0 Å². The number of alkyl halides is 2. The number of anilines is 1. The molecular weight excluding hydrogens is 414 g/mol. The summed E-state index contributed by atoms with van der Waals surface area (Å²) >= 11 is 0. The predicted molar refractivity (Wildman–Crippen MR) is 108 cm³/mol. The molecule has 0 spiro atoms. The molecule has 3 aromatic rings. The van der Waals surface area contributed by atoms with Crippen molar-refractivity contribution in [3.63, 3.8) is 0 Å². The number of piperidine rings is 1. The number of nitrogens with zero attached hydrogens (tertiary/aromatic N) is 6. The lowest BCUT2D eigenvalue weighted by Crippen LogP contribution is -2.42. The number of fused-ring (bicyclic) bond motifs is 1. The van der Waals surface area contributed by atoms with Crippen LogP contribution in [0.4, 0.5) is 14.6 Å². The summed E-state index contributed by atoms with van der Waals surface area (Å²) in [6, 6.07) is 4.50. The first-order chi connectivity index (χ1) is 14.2. The highest BCUT2D eigenvalue weighted by Gasteiger charge is 2.28. The quantitative estimate of drug-likeness (QED) is 0.607. The summed E-state index contributed by atoms with van der Waals surface area (Å²) in [4.78, 5) is 14.9. The third-order valence-electron chi connectivity index (χ3n) is 5.13. The maximum Gasteiger partial charge on any atom is 0.282 e. The van der Waals surface area contributed by atoms with Gasteiger partial charge in [-0.25, -0.2) is 36.7 Å². The number of aromatic nitrogens is 5. The fourth-order valence-electron chi connectivity index (χ4n) is 4.06. The molecule has 1 fully saturated rings. The summed E-state index contributed by atoms with van der Waals surface area (Å²) in [5, 5.41) is 3.98. The molecule has 160 valence electrons. The summed E-state index contributed by atoms with van der Waals surface area (Å²) < 4.78 is 51.0. The Morgan fingerprint density at radius 1 is 1.20 bits per heavy atom. The van der Waals surface area contributed by atoms with Gasteiger partial charge in [-0.3, -0.25) is 0 Å². The lowest BCUT2D eigenvalue weighted by Gasteiger charge is -2.37. The Morgan fingerprint density at radius 2 is 2.00 bits per heavy atom. The zero-order chi connectivity index (χ0) is 21.5. The van der Waals surface area contributed by atoms with Gasteiger partial charge in [0.05, 0.1) is 17.6 Å². The standard InChI is InChI=1S/C19H22F2N6O2S/c1-12-5-13(10-30(2,28)29)9-26(8-12)18-6-15(23-11-24-18)16-7-22-17-4-3-14(19(20)21)25-27(16)17/h3-4,6-7,11-13,19H,5,8-10H2,1-2H3/t12-,13+/m1/s1. The molecule has 1 saturated heterocycles. The van der Waals surface area contributed by atoms with Crippen LogP contribution in [-0.2, 0) is 9.84 Å². The third kappa shape index (κ3) is 4.40. The SMILES string of the molecule is C[C@@H]1C[C@H](CS(C)(=O)=O)CN(c2cc(-c3cnc4ccc(C(F)F)nn34)ncn2)C1. The van der Waals surface area contributed by atoms with E-state index in [2.05, 4.69) is 31.9 Å². The van der Waals surface area contributed by atoms with E-state index in [1.807, 2.05) is 0 Å². The maximum absolute atomic E-state index is 13.1. The maximum atomic E-state index is 13.1. The van der Waals surface area contributed by atoms with E-state index in [9.17, 15) is 17.2 Å². The van der Waals surface area contributed by atoms with E-state index in [1.54, 1.807) is 6.07 Å². The highest BCUT2D eigenvalue weighted by molar-refractivity contribution is 7.90. The fourth-order valence-corrected chi connectivity index (χ4v) is 5.15. The predicted octanol–water partition coefficient (Wildman–Crippen LogP) is 2.63. The fraction of sp³-hybridized carbons (Fsp3) is 0.474.